The fourth-order valence-electron chi connectivity index (χ4n) is 4.01. The molecule has 2 saturated heterocycles. The highest BCUT2D eigenvalue weighted by Gasteiger charge is 2.22. The van der Waals surface area contributed by atoms with Gasteiger partial charge in [-0.2, -0.15) is 0 Å². The third-order valence-electron chi connectivity index (χ3n) is 5.80. The topological polar surface area (TPSA) is 109 Å². The lowest BCUT2D eigenvalue weighted by Gasteiger charge is -2.36. The van der Waals surface area contributed by atoms with E-state index in [1.54, 1.807) is 12.1 Å². The van der Waals surface area contributed by atoms with E-state index in [1.807, 2.05) is 13.0 Å². The number of rotatable bonds is 7. The second-order valence-corrected chi connectivity index (χ2v) is 8.27. The molecule has 3 heterocycles. The molecule has 0 spiro atoms. The summed E-state index contributed by atoms with van der Waals surface area (Å²) in [6.45, 7) is 8.23. The maximum Gasteiger partial charge on any atom is 0.269 e. The van der Waals surface area contributed by atoms with Gasteiger partial charge in [0, 0.05) is 64.1 Å². The molecule has 172 valence electrons. The first kappa shape index (κ1) is 22.2. The van der Waals surface area contributed by atoms with E-state index in [4.69, 9.17) is 14.3 Å². The molecule has 0 bridgehead atoms. The zero-order valence-corrected chi connectivity index (χ0v) is 18.4. The van der Waals surface area contributed by atoms with Gasteiger partial charge in [0.2, 0.25) is 0 Å². The van der Waals surface area contributed by atoms with E-state index < -0.39 is 0 Å². The van der Waals surface area contributed by atoms with Crippen LogP contribution in [0, 0.1) is 17.0 Å². The molecule has 10 nitrogen and oxygen atoms in total. The quantitative estimate of drug-likeness (QED) is 0.301. The number of hydrogen-bond donors (Lipinski definition) is 1. The Balaban J connectivity index is 1.37. The van der Waals surface area contributed by atoms with E-state index in [2.05, 4.69) is 20.3 Å². The molecule has 0 amide bonds. The van der Waals surface area contributed by atoms with E-state index in [0.717, 1.165) is 81.7 Å². The van der Waals surface area contributed by atoms with Gasteiger partial charge in [-0.15, -0.1) is 0 Å². The Morgan fingerprint density at radius 1 is 1.28 bits per heavy atom. The maximum absolute atomic E-state index is 10.9. The van der Waals surface area contributed by atoms with Crippen LogP contribution in [-0.4, -0.2) is 71.3 Å². The van der Waals surface area contributed by atoms with Gasteiger partial charge >= 0.3 is 0 Å². The van der Waals surface area contributed by atoms with Crippen LogP contribution in [0.25, 0.3) is 0 Å². The predicted molar refractivity (Wildman–Crippen MR) is 119 cm³/mol. The van der Waals surface area contributed by atoms with Crippen molar-refractivity contribution in [3.05, 3.63) is 57.5 Å². The second kappa shape index (κ2) is 10.6. The van der Waals surface area contributed by atoms with Crippen molar-refractivity contribution in [1.29, 1.82) is 0 Å². The van der Waals surface area contributed by atoms with Crippen LogP contribution < -0.4 is 5.32 Å². The Morgan fingerprint density at radius 2 is 2.06 bits per heavy atom. The molecule has 1 unspecified atom stereocenters. The minimum Gasteiger partial charge on any atom is -0.376 e. The number of piperazine rings is 1. The number of nitro groups is 1. The van der Waals surface area contributed by atoms with Crippen LogP contribution in [0.4, 0.5) is 5.69 Å². The lowest BCUT2D eigenvalue weighted by Crippen LogP contribution is -2.53. The summed E-state index contributed by atoms with van der Waals surface area (Å²) in [5.41, 5.74) is 1.99. The standard InChI is InChI=1S/C22H30N6O4/c1-17-13-19(25-32-17)16-26-8-10-27(11-9-26)22(24-15-21-3-2-12-31-21)23-14-18-4-6-20(7-5-18)28(29)30/h4-7,13,21H,2-3,8-12,14-16H2,1H3,(H,23,24). The summed E-state index contributed by atoms with van der Waals surface area (Å²) >= 11 is 0. The van der Waals surface area contributed by atoms with Gasteiger partial charge in [0.05, 0.1) is 23.3 Å². The molecular formula is C22H30N6O4. The van der Waals surface area contributed by atoms with Crippen molar-refractivity contribution in [3.8, 4) is 0 Å². The van der Waals surface area contributed by atoms with Crippen LogP contribution in [0.15, 0.2) is 39.8 Å². The summed E-state index contributed by atoms with van der Waals surface area (Å²) in [5, 5.41) is 18.5. The van der Waals surface area contributed by atoms with Crippen molar-refractivity contribution in [1.82, 2.24) is 20.3 Å². The number of aryl methyl sites for hydroxylation is 1. The summed E-state index contributed by atoms with van der Waals surface area (Å²) < 4.78 is 10.9. The number of guanidine groups is 1. The summed E-state index contributed by atoms with van der Waals surface area (Å²) in [6.07, 6.45) is 2.38. The number of nitro benzene ring substituents is 1. The molecule has 0 radical (unpaired) electrons. The Morgan fingerprint density at radius 3 is 2.69 bits per heavy atom. The number of hydrogen-bond acceptors (Lipinski definition) is 7. The van der Waals surface area contributed by atoms with Crippen LogP contribution in [0.2, 0.25) is 0 Å². The molecule has 1 aromatic heterocycles. The normalized spacial score (nSPS) is 20.0. The number of nitrogens with zero attached hydrogens (tertiary/aromatic N) is 5. The van der Waals surface area contributed by atoms with E-state index in [-0.39, 0.29) is 16.7 Å². The molecule has 0 saturated carbocycles. The molecule has 0 aliphatic carbocycles. The monoisotopic (exact) mass is 442 g/mol. The lowest BCUT2D eigenvalue weighted by molar-refractivity contribution is -0.384. The second-order valence-electron chi connectivity index (χ2n) is 8.27. The highest BCUT2D eigenvalue weighted by Crippen LogP contribution is 2.14. The number of non-ortho nitro benzene ring substituents is 1. The van der Waals surface area contributed by atoms with Gasteiger partial charge in [0.1, 0.15) is 5.76 Å². The molecular weight excluding hydrogens is 412 g/mol. The van der Waals surface area contributed by atoms with Crippen LogP contribution >= 0.6 is 0 Å². The Labute approximate surface area is 187 Å². The summed E-state index contributed by atoms with van der Waals surface area (Å²) in [5.74, 6) is 1.69. The summed E-state index contributed by atoms with van der Waals surface area (Å²) in [7, 11) is 0. The van der Waals surface area contributed by atoms with Gasteiger partial charge < -0.3 is 19.5 Å². The van der Waals surface area contributed by atoms with Gasteiger partial charge in [-0.3, -0.25) is 15.0 Å². The smallest absolute Gasteiger partial charge is 0.269 e. The molecule has 1 atom stereocenters. The largest absolute Gasteiger partial charge is 0.376 e. The molecule has 1 N–H and O–H groups in total. The van der Waals surface area contributed by atoms with Gasteiger partial charge in [-0.1, -0.05) is 17.3 Å². The molecule has 2 aliphatic rings. The minimum atomic E-state index is -0.387. The highest BCUT2D eigenvalue weighted by atomic mass is 16.6. The molecule has 10 heteroatoms. The number of ether oxygens (including phenoxy) is 1. The summed E-state index contributed by atoms with van der Waals surface area (Å²) in [6, 6.07) is 8.55. The zero-order chi connectivity index (χ0) is 22.3. The van der Waals surface area contributed by atoms with E-state index in [0.29, 0.717) is 6.54 Å². The van der Waals surface area contributed by atoms with Crippen molar-refractivity contribution in [2.24, 2.45) is 4.99 Å². The molecule has 4 rings (SSSR count). The van der Waals surface area contributed by atoms with Gasteiger partial charge in [0.25, 0.3) is 5.69 Å². The van der Waals surface area contributed by atoms with Crippen molar-refractivity contribution >= 4 is 11.6 Å². The molecule has 2 aliphatic heterocycles. The summed E-state index contributed by atoms with van der Waals surface area (Å²) in [4.78, 5) is 19.9. The average molecular weight is 443 g/mol. The first-order chi connectivity index (χ1) is 15.6. The molecule has 2 fully saturated rings. The van der Waals surface area contributed by atoms with Crippen molar-refractivity contribution in [2.45, 2.75) is 39.0 Å². The van der Waals surface area contributed by atoms with Crippen LogP contribution in [0.1, 0.15) is 29.9 Å². The van der Waals surface area contributed by atoms with E-state index in [9.17, 15) is 10.1 Å². The van der Waals surface area contributed by atoms with Crippen LogP contribution in [0.5, 0.6) is 0 Å². The number of aliphatic imine (C=N–C) groups is 1. The Kier molecular flexibility index (Phi) is 7.33. The Bertz CT molecular complexity index is 915. The predicted octanol–water partition coefficient (Wildman–Crippen LogP) is 2.33. The number of aromatic nitrogens is 1. The molecule has 2 aromatic rings. The van der Waals surface area contributed by atoms with Crippen LogP contribution in [0.3, 0.4) is 0 Å². The van der Waals surface area contributed by atoms with Gasteiger partial charge in [-0.05, 0) is 25.3 Å². The minimum absolute atomic E-state index is 0.0906. The van der Waals surface area contributed by atoms with Crippen molar-refractivity contribution < 1.29 is 14.2 Å². The van der Waals surface area contributed by atoms with Crippen molar-refractivity contribution in [2.75, 3.05) is 39.3 Å². The van der Waals surface area contributed by atoms with Crippen molar-refractivity contribution in [3.63, 3.8) is 0 Å². The first-order valence-corrected chi connectivity index (χ1v) is 11.1. The average Bonchev–Trinajstić information content (AvgIpc) is 3.46. The lowest BCUT2D eigenvalue weighted by atomic mass is 10.2. The van der Waals surface area contributed by atoms with E-state index >= 15 is 0 Å². The molecule has 32 heavy (non-hydrogen) atoms. The number of benzene rings is 1. The third-order valence-corrected chi connectivity index (χ3v) is 5.80. The third kappa shape index (κ3) is 6.04. The highest BCUT2D eigenvalue weighted by molar-refractivity contribution is 5.80. The fourth-order valence-corrected chi connectivity index (χ4v) is 4.01. The molecule has 1 aromatic carbocycles. The zero-order valence-electron chi connectivity index (χ0n) is 18.4. The van der Waals surface area contributed by atoms with Gasteiger partial charge in [0.15, 0.2) is 5.96 Å². The SMILES string of the molecule is Cc1cc(CN2CCN(C(=NCc3ccc([N+](=O)[O-])cc3)NCC3CCCO3)CC2)no1. The van der Waals surface area contributed by atoms with E-state index in [1.165, 1.54) is 12.1 Å². The first-order valence-electron chi connectivity index (χ1n) is 11.1. The van der Waals surface area contributed by atoms with Gasteiger partial charge in [-0.25, -0.2) is 4.99 Å². The Hall–Kier alpha value is -2.98. The number of nitrogens with one attached hydrogen (secondary N) is 1. The van der Waals surface area contributed by atoms with Crippen LogP contribution in [-0.2, 0) is 17.8 Å². The maximum atomic E-state index is 10.9. The fraction of sp³-hybridized carbons (Fsp3) is 0.545.